The van der Waals surface area contributed by atoms with E-state index in [1.807, 2.05) is 0 Å². The maximum atomic E-state index is 13.2. The Morgan fingerprint density at radius 2 is 1.58 bits per heavy atom. The van der Waals surface area contributed by atoms with Crippen molar-refractivity contribution in [3.05, 3.63) is 29.8 Å². The second-order valence-corrected chi connectivity index (χ2v) is 8.08. The molecule has 0 unspecified atom stereocenters. The predicted octanol–water partition coefficient (Wildman–Crippen LogP) is 7.02. The molecule has 2 aliphatic rings. The van der Waals surface area contributed by atoms with Crippen LogP contribution in [0.2, 0.25) is 0 Å². The van der Waals surface area contributed by atoms with E-state index in [2.05, 4.69) is 6.92 Å². The van der Waals surface area contributed by atoms with Gasteiger partial charge in [0.15, 0.2) is 11.6 Å². The molecule has 0 atom stereocenters. The van der Waals surface area contributed by atoms with Crippen LogP contribution in [0.1, 0.15) is 75.0 Å². The summed E-state index contributed by atoms with van der Waals surface area (Å²) in [5, 5.41) is 0. The lowest BCUT2D eigenvalue weighted by atomic mass is 9.73. The average Bonchev–Trinajstić information content (AvgIpc) is 2.61. The SMILES string of the molecule is C.CC1CCC(CC2CCC(C(=O)Oc3ccc(F)c(F)c3)CC2)CC1.[HH].[HH]. The Balaban J connectivity index is 0.00000243. The lowest BCUT2D eigenvalue weighted by Gasteiger charge is -2.32. The van der Waals surface area contributed by atoms with Crippen molar-refractivity contribution < 1.29 is 21.2 Å². The summed E-state index contributed by atoms with van der Waals surface area (Å²) in [6, 6.07) is 3.22. The minimum absolute atomic E-state index is 0. The lowest BCUT2D eigenvalue weighted by molar-refractivity contribution is -0.140. The van der Waals surface area contributed by atoms with Crippen LogP contribution in [0.4, 0.5) is 8.78 Å². The summed E-state index contributed by atoms with van der Waals surface area (Å²) in [6.07, 6.45) is 10.6. The zero-order valence-electron chi connectivity index (χ0n) is 15.0. The van der Waals surface area contributed by atoms with Gasteiger partial charge in [0.1, 0.15) is 5.75 Å². The van der Waals surface area contributed by atoms with Gasteiger partial charge in [0, 0.05) is 8.92 Å². The van der Waals surface area contributed by atoms with E-state index in [4.69, 9.17) is 4.74 Å². The molecule has 26 heavy (non-hydrogen) atoms. The van der Waals surface area contributed by atoms with Gasteiger partial charge in [-0.05, 0) is 62.0 Å². The normalized spacial score (nSPS) is 28.9. The molecule has 0 radical (unpaired) electrons. The third-order valence-corrected chi connectivity index (χ3v) is 6.09. The molecule has 2 nitrogen and oxygen atoms in total. The third-order valence-electron chi connectivity index (χ3n) is 6.09. The Hall–Kier alpha value is -1.45. The largest absolute Gasteiger partial charge is 0.426 e. The van der Waals surface area contributed by atoms with Crippen molar-refractivity contribution >= 4 is 5.97 Å². The summed E-state index contributed by atoms with van der Waals surface area (Å²) in [4.78, 5) is 12.3. The highest BCUT2D eigenvalue weighted by Crippen LogP contribution is 2.38. The van der Waals surface area contributed by atoms with Gasteiger partial charge in [-0.25, -0.2) is 8.78 Å². The molecule has 3 rings (SSSR count). The molecule has 4 heteroatoms. The summed E-state index contributed by atoms with van der Waals surface area (Å²) in [5.74, 6) is 0.220. The highest BCUT2D eigenvalue weighted by Gasteiger charge is 2.30. The summed E-state index contributed by atoms with van der Waals surface area (Å²) < 4.78 is 31.4. The van der Waals surface area contributed by atoms with Crippen LogP contribution >= 0.6 is 0 Å². The van der Waals surface area contributed by atoms with E-state index in [0.717, 1.165) is 55.6 Å². The Labute approximate surface area is 159 Å². The molecule has 1 aromatic rings. The van der Waals surface area contributed by atoms with E-state index < -0.39 is 11.6 Å². The average molecular weight is 371 g/mol. The molecular weight excluding hydrogens is 334 g/mol. The van der Waals surface area contributed by atoms with Crippen molar-refractivity contribution in [2.75, 3.05) is 0 Å². The summed E-state index contributed by atoms with van der Waals surface area (Å²) >= 11 is 0. The van der Waals surface area contributed by atoms with Gasteiger partial charge in [0.2, 0.25) is 0 Å². The molecule has 2 fully saturated rings. The second kappa shape index (κ2) is 9.48. The van der Waals surface area contributed by atoms with Gasteiger partial charge in [0.25, 0.3) is 0 Å². The molecule has 0 N–H and O–H groups in total. The minimum Gasteiger partial charge on any atom is -0.426 e. The minimum atomic E-state index is -0.990. The van der Waals surface area contributed by atoms with Crippen molar-refractivity contribution in [1.82, 2.24) is 0 Å². The molecule has 0 heterocycles. The maximum Gasteiger partial charge on any atom is 0.314 e. The van der Waals surface area contributed by atoms with Crippen molar-refractivity contribution in [3.63, 3.8) is 0 Å². The first-order valence-electron chi connectivity index (χ1n) is 9.68. The van der Waals surface area contributed by atoms with Gasteiger partial charge >= 0.3 is 5.97 Å². The molecule has 0 aromatic heterocycles. The first-order chi connectivity index (χ1) is 12.0. The molecular formula is C22H36F2O2. The molecule has 150 valence electrons. The Bertz CT molecular complexity index is 596. The van der Waals surface area contributed by atoms with Gasteiger partial charge in [0.05, 0.1) is 5.92 Å². The third kappa shape index (κ3) is 5.52. The van der Waals surface area contributed by atoms with E-state index in [-0.39, 0.29) is 27.9 Å². The fraction of sp³-hybridized carbons (Fsp3) is 0.682. The van der Waals surface area contributed by atoms with Crippen molar-refractivity contribution in [1.29, 1.82) is 0 Å². The number of hydrogen-bond donors (Lipinski definition) is 0. The number of carbonyl (C=O) groups excluding carboxylic acids is 1. The summed E-state index contributed by atoms with van der Waals surface area (Å²) in [6.45, 7) is 2.35. The van der Waals surface area contributed by atoms with Crippen LogP contribution < -0.4 is 4.74 Å². The van der Waals surface area contributed by atoms with Gasteiger partial charge in [-0.15, -0.1) is 0 Å². The number of ether oxygens (including phenoxy) is 1. The van der Waals surface area contributed by atoms with E-state index in [1.165, 1.54) is 38.2 Å². The quantitative estimate of drug-likeness (QED) is 0.420. The number of esters is 1. The smallest absolute Gasteiger partial charge is 0.314 e. The zero-order valence-corrected chi connectivity index (χ0v) is 15.0. The standard InChI is InChI=1S/C21H28F2O2.CH4.2H2/c1-14-2-4-15(5-3-14)12-16-6-8-17(9-7-16)21(24)25-18-10-11-19(22)20(23)13-18;;;/h10-11,13-17H,2-9,12H2,1H3;1H4;2*1H. The molecule has 0 aliphatic heterocycles. The van der Waals surface area contributed by atoms with Crippen LogP contribution in [0.25, 0.3) is 0 Å². The fourth-order valence-corrected chi connectivity index (χ4v) is 4.41. The molecule has 2 saturated carbocycles. The number of hydrogen-bond acceptors (Lipinski definition) is 2. The molecule has 0 spiro atoms. The predicted molar refractivity (Wildman–Crippen MR) is 104 cm³/mol. The first-order valence-corrected chi connectivity index (χ1v) is 9.68. The first kappa shape index (κ1) is 20.9. The number of benzene rings is 1. The fourth-order valence-electron chi connectivity index (χ4n) is 4.41. The van der Waals surface area contributed by atoms with Crippen molar-refractivity contribution in [2.24, 2.45) is 23.7 Å². The van der Waals surface area contributed by atoms with E-state index in [1.54, 1.807) is 0 Å². The van der Waals surface area contributed by atoms with Crippen LogP contribution in [0, 0.1) is 35.3 Å². The second-order valence-electron chi connectivity index (χ2n) is 8.08. The topological polar surface area (TPSA) is 26.3 Å². The molecule has 0 amide bonds. The number of rotatable bonds is 4. The highest BCUT2D eigenvalue weighted by molar-refractivity contribution is 5.75. The van der Waals surface area contributed by atoms with E-state index in [0.29, 0.717) is 0 Å². The van der Waals surface area contributed by atoms with Crippen LogP contribution in [-0.2, 0) is 4.79 Å². The molecule has 0 saturated heterocycles. The summed E-state index contributed by atoms with van der Waals surface area (Å²) in [7, 11) is 0. The Morgan fingerprint density at radius 3 is 2.15 bits per heavy atom. The van der Waals surface area contributed by atoms with Crippen molar-refractivity contribution in [3.8, 4) is 5.75 Å². The molecule has 2 aliphatic carbocycles. The van der Waals surface area contributed by atoms with Gasteiger partial charge in [-0.3, -0.25) is 4.79 Å². The van der Waals surface area contributed by atoms with E-state index >= 15 is 0 Å². The van der Waals surface area contributed by atoms with Crippen LogP contribution in [0.3, 0.4) is 0 Å². The van der Waals surface area contributed by atoms with Crippen LogP contribution in [-0.4, -0.2) is 5.97 Å². The zero-order chi connectivity index (χ0) is 17.8. The van der Waals surface area contributed by atoms with Crippen LogP contribution in [0.15, 0.2) is 18.2 Å². The number of halogens is 2. The van der Waals surface area contributed by atoms with Crippen LogP contribution in [0.5, 0.6) is 5.75 Å². The summed E-state index contributed by atoms with van der Waals surface area (Å²) in [5.41, 5.74) is 0. The van der Waals surface area contributed by atoms with E-state index in [9.17, 15) is 13.6 Å². The van der Waals surface area contributed by atoms with Gasteiger partial charge in [-0.2, -0.15) is 0 Å². The highest BCUT2D eigenvalue weighted by atomic mass is 19.2. The maximum absolute atomic E-state index is 13.2. The monoisotopic (exact) mass is 370 g/mol. The lowest BCUT2D eigenvalue weighted by Crippen LogP contribution is -2.27. The Morgan fingerprint density at radius 1 is 1.00 bits per heavy atom. The van der Waals surface area contributed by atoms with Gasteiger partial charge < -0.3 is 4.74 Å². The van der Waals surface area contributed by atoms with Gasteiger partial charge in [-0.1, -0.05) is 40.0 Å². The van der Waals surface area contributed by atoms with Crippen molar-refractivity contribution in [2.45, 2.75) is 72.1 Å². The Kier molecular flexibility index (Phi) is 7.60. The molecule has 0 bridgehead atoms. The number of carbonyl (C=O) groups is 1. The molecule has 1 aromatic carbocycles.